The summed E-state index contributed by atoms with van der Waals surface area (Å²) in [6.45, 7) is 7.35. The van der Waals surface area contributed by atoms with E-state index >= 15 is 0 Å². The lowest BCUT2D eigenvalue weighted by Gasteiger charge is -2.35. The van der Waals surface area contributed by atoms with Crippen LogP contribution in [0.4, 0.5) is 4.79 Å². The van der Waals surface area contributed by atoms with Gasteiger partial charge in [-0.05, 0) is 34.6 Å². The minimum Gasteiger partial charge on any atom is -0.481 e. The predicted octanol–water partition coefficient (Wildman–Crippen LogP) is 1.56. The summed E-state index contributed by atoms with van der Waals surface area (Å²) in [4.78, 5) is 34.6. The van der Waals surface area contributed by atoms with Crippen LogP contribution in [0.3, 0.4) is 0 Å². The van der Waals surface area contributed by atoms with Crippen molar-refractivity contribution in [3.8, 4) is 0 Å². The van der Waals surface area contributed by atoms with Crippen molar-refractivity contribution in [3.63, 3.8) is 0 Å². The van der Waals surface area contributed by atoms with Crippen molar-refractivity contribution in [2.24, 2.45) is 0 Å². The number of rotatable bonds is 5. The van der Waals surface area contributed by atoms with E-state index in [1.54, 1.807) is 20.8 Å². The van der Waals surface area contributed by atoms with Crippen LogP contribution in [0, 0.1) is 0 Å². The summed E-state index contributed by atoms with van der Waals surface area (Å²) in [7, 11) is 0. The van der Waals surface area contributed by atoms with Crippen molar-refractivity contribution in [3.05, 3.63) is 0 Å². The molecule has 0 bridgehead atoms. The highest BCUT2D eigenvalue weighted by Crippen LogP contribution is 2.19. The fourth-order valence-electron chi connectivity index (χ4n) is 1.24. The zero-order valence-corrected chi connectivity index (χ0v) is 11.9. The summed E-state index contributed by atoms with van der Waals surface area (Å²) in [6, 6.07) is 0. The quantitative estimate of drug-likeness (QED) is 0.789. The van der Waals surface area contributed by atoms with Gasteiger partial charge in [0.1, 0.15) is 11.1 Å². The van der Waals surface area contributed by atoms with Crippen molar-refractivity contribution < 1.29 is 29.3 Å². The number of ether oxygens (including phenoxy) is 1. The van der Waals surface area contributed by atoms with Crippen molar-refractivity contribution >= 4 is 18.0 Å². The van der Waals surface area contributed by atoms with Crippen LogP contribution >= 0.6 is 0 Å². The lowest BCUT2D eigenvalue weighted by molar-refractivity contribution is -0.150. The molecule has 110 valence electrons. The molecule has 0 aromatic rings. The van der Waals surface area contributed by atoms with Crippen molar-refractivity contribution in [1.29, 1.82) is 0 Å². The molecule has 0 unspecified atom stereocenters. The summed E-state index contributed by atoms with van der Waals surface area (Å²) in [5, 5.41) is 17.8. The third-order valence-corrected chi connectivity index (χ3v) is 2.36. The van der Waals surface area contributed by atoms with Gasteiger partial charge in [0.2, 0.25) is 0 Å². The van der Waals surface area contributed by atoms with Gasteiger partial charge in [0.05, 0.1) is 6.42 Å². The molecule has 0 aliphatic carbocycles. The molecule has 0 saturated heterocycles. The SMILES string of the molecule is CC(C)(C)OC(=O)N(CCC(=O)O)C(C)(C)C(=O)O. The fourth-order valence-corrected chi connectivity index (χ4v) is 1.24. The molecule has 0 fully saturated rings. The highest BCUT2D eigenvalue weighted by molar-refractivity contribution is 5.84. The maximum Gasteiger partial charge on any atom is 0.411 e. The Bertz CT molecular complexity index is 369. The van der Waals surface area contributed by atoms with Gasteiger partial charge in [-0.1, -0.05) is 0 Å². The van der Waals surface area contributed by atoms with Gasteiger partial charge in [-0.2, -0.15) is 0 Å². The highest BCUT2D eigenvalue weighted by atomic mass is 16.6. The van der Waals surface area contributed by atoms with Crippen LogP contribution in [0.5, 0.6) is 0 Å². The number of carboxylic acid groups (broad SMARTS) is 2. The first kappa shape index (κ1) is 17.2. The van der Waals surface area contributed by atoms with E-state index < -0.39 is 29.2 Å². The average molecular weight is 275 g/mol. The van der Waals surface area contributed by atoms with Crippen LogP contribution in [0.2, 0.25) is 0 Å². The topological polar surface area (TPSA) is 104 Å². The van der Waals surface area contributed by atoms with Crippen LogP contribution in [0.25, 0.3) is 0 Å². The molecule has 19 heavy (non-hydrogen) atoms. The molecule has 0 heterocycles. The van der Waals surface area contributed by atoms with Gasteiger partial charge in [0.25, 0.3) is 0 Å². The van der Waals surface area contributed by atoms with E-state index in [1.807, 2.05) is 0 Å². The number of carbonyl (C=O) groups excluding carboxylic acids is 1. The lowest BCUT2D eigenvalue weighted by Crippen LogP contribution is -2.54. The minimum absolute atomic E-state index is 0.233. The Morgan fingerprint density at radius 3 is 1.84 bits per heavy atom. The van der Waals surface area contributed by atoms with Crippen LogP contribution in [0.15, 0.2) is 0 Å². The molecule has 0 saturated carbocycles. The number of aliphatic carboxylic acids is 2. The average Bonchev–Trinajstić information content (AvgIpc) is 2.13. The van der Waals surface area contributed by atoms with Crippen LogP contribution < -0.4 is 0 Å². The first-order valence-corrected chi connectivity index (χ1v) is 5.83. The summed E-state index contributed by atoms with van der Waals surface area (Å²) >= 11 is 0. The third kappa shape index (κ3) is 5.58. The van der Waals surface area contributed by atoms with E-state index in [4.69, 9.17) is 14.9 Å². The molecule has 1 amide bonds. The zero-order valence-electron chi connectivity index (χ0n) is 11.9. The Kier molecular flexibility index (Phi) is 5.34. The van der Waals surface area contributed by atoms with E-state index in [0.29, 0.717) is 0 Å². The maximum absolute atomic E-state index is 12.0. The third-order valence-electron chi connectivity index (χ3n) is 2.36. The normalized spacial score (nSPS) is 11.8. The van der Waals surface area contributed by atoms with Gasteiger partial charge in [-0.3, -0.25) is 9.69 Å². The monoisotopic (exact) mass is 275 g/mol. The molecule has 7 heteroatoms. The number of hydrogen-bond donors (Lipinski definition) is 2. The molecular weight excluding hydrogens is 254 g/mol. The van der Waals surface area contributed by atoms with Crippen LogP contribution in [-0.4, -0.2) is 50.8 Å². The van der Waals surface area contributed by atoms with Gasteiger partial charge >= 0.3 is 18.0 Å². The Morgan fingerprint density at radius 2 is 1.53 bits per heavy atom. The van der Waals surface area contributed by atoms with E-state index in [1.165, 1.54) is 13.8 Å². The molecule has 7 nitrogen and oxygen atoms in total. The number of nitrogens with zero attached hydrogens (tertiary/aromatic N) is 1. The van der Waals surface area contributed by atoms with Crippen molar-refractivity contribution in [2.45, 2.75) is 52.2 Å². The summed E-state index contributed by atoms with van der Waals surface area (Å²) in [5.41, 5.74) is -2.33. The second-order valence-electron chi connectivity index (χ2n) is 5.64. The van der Waals surface area contributed by atoms with Gasteiger partial charge < -0.3 is 14.9 Å². The Labute approximate surface area is 112 Å². The number of carboxylic acids is 2. The molecule has 0 atom stereocenters. The van der Waals surface area contributed by atoms with E-state index in [0.717, 1.165) is 4.90 Å². The molecule has 0 rings (SSSR count). The molecule has 2 N–H and O–H groups in total. The Balaban J connectivity index is 5.11. The molecule has 0 radical (unpaired) electrons. The van der Waals surface area contributed by atoms with E-state index in [2.05, 4.69) is 0 Å². The fraction of sp³-hybridized carbons (Fsp3) is 0.750. The van der Waals surface area contributed by atoms with Gasteiger partial charge in [-0.15, -0.1) is 0 Å². The van der Waals surface area contributed by atoms with Crippen molar-refractivity contribution in [2.75, 3.05) is 6.54 Å². The summed E-state index contributed by atoms with van der Waals surface area (Å²) < 4.78 is 5.10. The Hall–Kier alpha value is -1.79. The van der Waals surface area contributed by atoms with E-state index in [9.17, 15) is 14.4 Å². The molecule has 0 aromatic heterocycles. The van der Waals surface area contributed by atoms with Crippen molar-refractivity contribution in [1.82, 2.24) is 4.90 Å². The van der Waals surface area contributed by atoms with Crippen LogP contribution in [0.1, 0.15) is 41.0 Å². The summed E-state index contributed by atoms with van der Waals surface area (Å²) in [6.07, 6.45) is -1.20. The number of amides is 1. The number of carbonyl (C=O) groups is 3. The largest absolute Gasteiger partial charge is 0.481 e. The van der Waals surface area contributed by atoms with Crippen LogP contribution in [-0.2, 0) is 14.3 Å². The second-order valence-corrected chi connectivity index (χ2v) is 5.64. The lowest BCUT2D eigenvalue weighted by atomic mass is 10.0. The maximum atomic E-state index is 12.0. The zero-order chi connectivity index (χ0) is 15.4. The highest BCUT2D eigenvalue weighted by Gasteiger charge is 2.40. The molecule has 0 aliphatic rings. The molecule has 0 aromatic carbocycles. The first-order chi connectivity index (χ1) is 8.38. The molecule has 0 aliphatic heterocycles. The minimum atomic E-state index is -1.54. The molecular formula is C12H21NO6. The van der Waals surface area contributed by atoms with Gasteiger partial charge in [-0.25, -0.2) is 9.59 Å². The number of hydrogen-bond acceptors (Lipinski definition) is 4. The first-order valence-electron chi connectivity index (χ1n) is 5.83. The smallest absolute Gasteiger partial charge is 0.411 e. The van der Waals surface area contributed by atoms with Gasteiger partial charge in [0, 0.05) is 6.54 Å². The van der Waals surface area contributed by atoms with E-state index in [-0.39, 0.29) is 13.0 Å². The molecule has 0 spiro atoms. The predicted molar refractivity (Wildman–Crippen MR) is 66.9 cm³/mol. The van der Waals surface area contributed by atoms with Gasteiger partial charge in [0.15, 0.2) is 0 Å². The second kappa shape index (κ2) is 5.90. The summed E-state index contributed by atoms with van der Waals surface area (Å²) in [5.74, 6) is -2.35. The Morgan fingerprint density at radius 1 is 1.05 bits per heavy atom. The standard InChI is InChI=1S/C12H21NO6/c1-11(2,3)19-10(18)13(7-6-8(14)15)12(4,5)9(16)17/h6-7H2,1-5H3,(H,14,15)(H,16,17).